The van der Waals surface area contributed by atoms with Crippen LogP contribution in [0.2, 0.25) is 0 Å². The van der Waals surface area contributed by atoms with Crippen molar-refractivity contribution in [2.75, 3.05) is 0 Å². The molecule has 0 saturated carbocycles. The summed E-state index contributed by atoms with van der Waals surface area (Å²) in [5.74, 6) is 0. The number of hydrogen-bond donors (Lipinski definition) is 0. The molecule has 3 nitrogen and oxygen atoms in total. The molecule has 0 bridgehead atoms. The first kappa shape index (κ1) is 14.2. The maximum Gasteiger partial charge on any atom is 0.134 e. The monoisotopic (exact) mass is 303 g/mol. The molecule has 0 aliphatic carbocycles. The molecule has 4 heteroatoms. The van der Waals surface area contributed by atoms with Crippen LogP contribution in [0.3, 0.4) is 0 Å². The summed E-state index contributed by atoms with van der Waals surface area (Å²) in [6.45, 7) is 2.04. The molecule has 0 radical (unpaired) electrons. The van der Waals surface area contributed by atoms with E-state index < -0.39 is 0 Å². The second-order valence-corrected chi connectivity index (χ2v) is 5.71. The Labute approximate surface area is 133 Å². The van der Waals surface area contributed by atoms with Gasteiger partial charge in [0.25, 0.3) is 0 Å². The molecular formula is C18H13N3S. The zero-order valence-corrected chi connectivity index (χ0v) is 12.8. The van der Waals surface area contributed by atoms with Crippen LogP contribution in [0.5, 0.6) is 0 Å². The summed E-state index contributed by atoms with van der Waals surface area (Å²) in [5.41, 5.74) is 4.65. The lowest BCUT2D eigenvalue weighted by molar-refractivity contribution is 1.31. The summed E-state index contributed by atoms with van der Waals surface area (Å²) in [5, 5.41) is 12.1. The van der Waals surface area contributed by atoms with Crippen molar-refractivity contribution in [3.05, 3.63) is 70.3 Å². The van der Waals surface area contributed by atoms with Gasteiger partial charge >= 0.3 is 0 Å². The summed E-state index contributed by atoms with van der Waals surface area (Å²) in [6.07, 6.45) is 5.35. The first-order valence-electron chi connectivity index (χ1n) is 6.81. The van der Waals surface area contributed by atoms with Crippen molar-refractivity contribution in [3.8, 4) is 17.3 Å². The van der Waals surface area contributed by atoms with Gasteiger partial charge in [0.2, 0.25) is 0 Å². The third-order valence-electron chi connectivity index (χ3n) is 3.22. The first-order chi connectivity index (χ1) is 10.8. The fourth-order valence-electron chi connectivity index (χ4n) is 2.02. The van der Waals surface area contributed by atoms with Crippen LogP contribution in [0.4, 0.5) is 0 Å². The number of thiazole rings is 1. The predicted molar refractivity (Wildman–Crippen MR) is 90.0 cm³/mol. The number of allylic oxidation sites excluding steroid dienone is 1. The molecule has 2 aromatic heterocycles. The molecular weight excluding hydrogens is 290 g/mol. The molecule has 0 fully saturated rings. The van der Waals surface area contributed by atoms with E-state index in [1.807, 2.05) is 54.8 Å². The van der Waals surface area contributed by atoms with Crippen molar-refractivity contribution in [1.82, 2.24) is 9.97 Å². The standard InChI is InChI=1S/C18H13N3S/c1-13-2-4-14(5-3-13)10-16(11-19)18-21-17(12-22-18)15-6-8-20-9-7-15/h2-10,12H,1H3. The van der Waals surface area contributed by atoms with Crippen molar-refractivity contribution in [2.24, 2.45) is 0 Å². The zero-order chi connectivity index (χ0) is 15.4. The van der Waals surface area contributed by atoms with E-state index in [9.17, 15) is 5.26 Å². The van der Waals surface area contributed by atoms with Crippen LogP contribution in [0.1, 0.15) is 16.1 Å². The van der Waals surface area contributed by atoms with E-state index in [4.69, 9.17) is 0 Å². The molecule has 1 aromatic carbocycles. The molecule has 0 saturated heterocycles. The number of rotatable bonds is 3. The van der Waals surface area contributed by atoms with E-state index in [-0.39, 0.29) is 0 Å². The third kappa shape index (κ3) is 3.11. The lowest BCUT2D eigenvalue weighted by Gasteiger charge is -1.97. The van der Waals surface area contributed by atoms with Crippen LogP contribution >= 0.6 is 11.3 Å². The van der Waals surface area contributed by atoms with Gasteiger partial charge in [0.15, 0.2) is 0 Å². The fraction of sp³-hybridized carbons (Fsp3) is 0.0556. The van der Waals surface area contributed by atoms with Crippen molar-refractivity contribution in [2.45, 2.75) is 6.92 Å². The Kier molecular flexibility index (Phi) is 4.08. The SMILES string of the molecule is Cc1ccc(C=C(C#N)c2nc(-c3ccncc3)cs2)cc1. The highest BCUT2D eigenvalue weighted by molar-refractivity contribution is 7.11. The number of aryl methyl sites for hydroxylation is 1. The maximum atomic E-state index is 9.41. The lowest BCUT2D eigenvalue weighted by atomic mass is 10.1. The van der Waals surface area contributed by atoms with E-state index in [0.29, 0.717) is 5.57 Å². The molecule has 2 heterocycles. The Morgan fingerprint density at radius 3 is 2.55 bits per heavy atom. The van der Waals surface area contributed by atoms with Gasteiger partial charge in [-0.15, -0.1) is 11.3 Å². The molecule has 3 aromatic rings. The molecule has 0 aliphatic heterocycles. The van der Waals surface area contributed by atoms with Crippen LogP contribution in [0, 0.1) is 18.3 Å². The number of aromatic nitrogens is 2. The van der Waals surface area contributed by atoms with Gasteiger partial charge in [0.1, 0.15) is 11.1 Å². The van der Waals surface area contributed by atoms with Crippen molar-refractivity contribution in [3.63, 3.8) is 0 Å². The highest BCUT2D eigenvalue weighted by atomic mass is 32.1. The van der Waals surface area contributed by atoms with Crippen LogP contribution in [0.15, 0.2) is 54.2 Å². The zero-order valence-electron chi connectivity index (χ0n) is 12.0. The predicted octanol–water partition coefficient (Wildman–Crippen LogP) is 4.58. The number of nitrogens with zero attached hydrogens (tertiary/aromatic N) is 3. The molecule has 0 spiro atoms. The average Bonchev–Trinajstić information content (AvgIpc) is 3.05. The van der Waals surface area contributed by atoms with E-state index >= 15 is 0 Å². The Morgan fingerprint density at radius 1 is 1.14 bits per heavy atom. The van der Waals surface area contributed by atoms with Crippen LogP contribution in [0.25, 0.3) is 22.9 Å². The second kappa shape index (κ2) is 6.33. The van der Waals surface area contributed by atoms with Gasteiger partial charge in [-0.2, -0.15) is 5.26 Å². The number of pyridine rings is 1. The van der Waals surface area contributed by atoms with E-state index in [0.717, 1.165) is 21.8 Å². The Morgan fingerprint density at radius 2 is 1.86 bits per heavy atom. The highest BCUT2D eigenvalue weighted by Crippen LogP contribution is 2.26. The van der Waals surface area contributed by atoms with Crippen LogP contribution in [-0.4, -0.2) is 9.97 Å². The molecule has 0 unspecified atom stereocenters. The van der Waals surface area contributed by atoms with Gasteiger partial charge in [-0.05, 0) is 30.7 Å². The minimum atomic E-state index is 0.578. The topological polar surface area (TPSA) is 49.6 Å². The van der Waals surface area contributed by atoms with Crippen molar-refractivity contribution in [1.29, 1.82) is 5.26 Å². The van der Waals surface area contributed by atoms with E-state index in [1.165, 1.54) is 16.9 Å². The quantitative estimate of drug-likeness (QED) is 0.665. The summed E-state index contributed by atoms with van der Waals surface area (Å²) in [6, 6.07) is 14.1. The molecule has 0 amide bonds. The largest absolute Gasteiger partial charge is 0.265 e. The highest BCUT2D eigenvalue weighted by Gasteiger charge is 2.08. The van der Waals surface area contributed by atoms with Crippen LogP contribution in [-0.2, 0) is 0 Å². The third-order valence-corrected chi connectivity index (χ3v) is 4.10. The normalized spacial score (nSPS) is 11.2. The fourth-order valence-corrected chi connectivity index (χ4v) is 2.82. The van der Waals surface area contributed by atoms with Gasteiger partial charge in [0.05, 0.1) is 11.3 Å². The van der Waals surface area contributed by atoms with Crippen molar-refractivity contribution < 1.29 is 0 Å². The summed E-state index contributed by atoms with van der Waals surface area (Å²) in [4.78, 5) is 8.57. The summed E-state index contributed by atoms with van der Waals surface area (Å²) < 4.78 is 0. The van der Waals surface area contributed by atoms with Crippen molar-refractivity contribution >= 4 is 23.0 Å². The Balaban J connectivity index is 1.94. The van der Waals surface area contributed by atoms with Gasteiger partial charge < -0.3 is 0 Å². The van der Waals surface area contributed by atoms with E-state index in [1.54, 1.807) is 12.4 Å². The van der Waals surface area contributed by atoms with Gasteiger partial charge in [0, 0.05) is 23.3 Å². The Bertz CT molecular complexity index is 840. The molecule has 3 rings (SSSR count). The lowest BCUT2D eigenvalue weighted by Crippen LogP contribution is -1.83. The maximum absolute atomic E-state index is 9.41. The van der Waals surface area contributed by atoms with E-state index in [2.05, 4.69) is 16.0 Å². The van der Waals surface area contributed by atoms with Gasteiger partial charge in [-0.25, -0.2) is 4.98 Å². The molecule has 0 N–H and O–H groups in total. The molecule has 106 valence electrons. The van der Waals surface area contributed by atoms with Gasteiger partial charge in [-0.3, -0.25) is 4.98 Å². The molecule has 0 aliphatic rings. The van der Waals surface area contributed by atoms with Gasteiger partial charge in [-0.1, -0.05) is 29.8 Å². The summed E-state index contributed by atoms with van der Waals surface area (Å²) >= 11 is 1.48. The second-order valence-electron chi connectivity index (χ2n) is 4.85. The minimum absolute atomic E-state index is 0.578. The average molecular weight is 303 g/mol. The van der Waals surface area contributed by atoms with Crippen LogP contribution < -0.4 is 0 Å². The number of hydrogen-bond acceptors (Lipinski definition) is 4. The summed E-state index contributed by atoms with van der Waals surface area (Å²) in [7, 11) is 0. The smallest absolute Gasteiger partial charge is 0.134 e. The molecule has 22 heavy (non-hydrogen) atoms. The number of benzene rings is 1. The number of nitriles is 1. The first-order valence-corrected chi connectivity index (χ1v) is 7.69. The Hall–Kier alpha value is -2.77. The molecule has 0 atom stereocenters. The minimum Gasteiger partial charge on any atom is -0.265 e.